The Balaban J connectivity index is 2.01. The van der Waals surface area contributed by atoms with E-state index in [0.717, 1.165) is 10.4 Å². The highest BCUT2D eigenvalue weighted by Gasteiger charge is 2.16. The average molecular weight is 275 g/mol. The standard InChI is InChI=1S/C14H17N3OS/c1-17(2)12(11-5-3-7-15-9-11)10-16-14(18)13-6-4-8-19-13/h3-9,12H,10H2,1-2H3,(H,16,18)/t12-/m0/s1. The van der Waals surface area contributed by atoms with Gasteiger partial charge in [0.2, 0.25) is 0 Å². The first kappa shape index (κ1) is 13.7. The monoisotopic (exact) mass is 275 g/mol. The van der Waals surface area contributed by atoms with Crippen molar-refractivity contribution in [3.05, 3.63) is 52.5 Å². The third-order valence-electron chi connectivity index (χ3n) is 2.89. The molecule has 0 aliphatic carbocycles. The van der Waals surface area contributed by atoms with E-state index in [1.54, 1.807) is 6.20 Å². The minimum atomic E-state index is -0.0225. The molecule has 1 amide bonds. The fourth-order valence-corrected chi connectivity index (χ4v) is 2.50. The lowest BCUT2D eigenvalue weighted by Crippen LogP contribution is -2.34. The Bertz CT molecular complexity index is 511. The van der Waals surface area contributed by atoms with Crippen LogP contribution in [0.3, 0.4) is 0 Å². The molecule has 19 heavy (non-hydrogen) atoms. The smallest absolute Gasteiger partial charge is 0.261 e. The Labute approximate surface area is 117 Å². The Morgan fingerprint density at radius 3 is 2.84 bits per heavy atom. The van der Waals surface area contributed by atoms with Crippen molar-refractivity contribution in [2.45, 2.75) is 6.04 Å². The Morgan fingerprint density at radius 2 is 2.26 bits per heavy atom. The number of hydrogen-bond acceptors (Lipinski definition) is 4. The van der Waals surface area contributed by atoms with Gasteiger partial charge in [0, 0.05) is 18.9 Å². The summed E-state index contributed by atoms with van der Waals surface area (Å²) in [7, 11) is 3.99. The van der Waals surface area contributed by atoms with Gasteiger partial charge in [-0.05, 0) is 37.2 Å². The predicted molar refractivity (Wildman–Crippen MR) is 77.3 cm³/mol. The van der Waals surface area contributed by atoms with E-state index in [0.29, 0.717) is 6.54 Å². The molecular formula is C14H17N3OS. The minimum Gasteiger partial charge on any atom is -0.349 e. The van der Waals surface area contributed by atoms with Gasteiger partial charge in [0.05, 0.1) is 10.9 Å². The van der Waals surface area contributed by atoms with Gasteiger partial charge in [0.25, 0.3) is 5.91 Å². The molecule has 2 rings (SSSR count). The van der Waals surface area contributed by atoms with Crippen LogP contribution in [0.5, 0.6) is 0 Å². The molecular weight excluding hydrogens is 258 g/mol. The number of amides is 1. The predicted octanol–water partition coefficient (Wildman–Crippen LogP) is 2.18. The molecule has 0 saturated heterocycles. The van der Waals surface area contributed by atoms with Gasteiger partial charge in [-0.15, -0.1) is 11.3 Å². The maximum absolute atomic E-state index is 11.9. The largest absolute Gasteiger partial charge is 0.349 e. The van der Waals surface area contributed by atoms with Gasteiger partial charge in [-0.1, -0.05) is 12.1 Å². The Morgan fingerprint density at radius 1 is 1.42 bits per heavy atom. The molecule has 5 heteroatoms. The number of rotatable bonds is 5. The molecule has 4 nitrogen and oxygen atoms in total. The van der Waals surface area contributed by atoms with E-state index in [4.69, 9.17) is 0 Å². The van der Waals surface area contributed by atoms with Crippen LogP contribution in [-0.2, 0) is 0 Å². The molecule has 0 radical (unpaired) electrons. The summed E-state index contributed by atoms with van der Waals surface area (Å²) in [5, 5.41) is 4.87. The maximum atomic E-state index is 11.9. The van der Waals surface area contributed by atoms with Crippen molar-refractivity contribution >= 4 is 17.2 Å². The van der Waals surface area contributed by atoms with Gasteiger partial charge in [-0.25, -0.2) is 0 Å². The number of likely N-dealkylation sites (N-methyl/N-ethyl adjacent to an activating group) is 1. The number of aromatic nitrogens is 1. The van der Waals surface area contributed by atoms with E-state index in [9.17, 15) is 4.79 Å². The summed E-state index contributed by atoms with van der Waals surface area (Å²) < 4.78 is 0. The van der Waals surface area contributed by atoms with Crippen LogP contribution in [0, 0.1) is 0 Å². The zero-order valence-corrected chi connectivity index (χ0v) is 11.9. The number of carbonyl (C=O) groups is 1. The zero-order valence-electron chi connectivity index (χ0n) is 11.0. The van der Waals surface area contributed by atoms with Crippen LogP contribution in [0.2, 0.25) is 0 Å². The van der Waals surface area contributed by atoms with Gasteiger partial charge in [-0.3, -0.25) is 9.78 Å². The van der Waals surface area contributed by atoms with E-state index in [2.05, 4.69) is 15.2 Å². The van der Waals surface area contributed by atoms with Gasteiger partial charge in [-0.2, -0.15) is 0 Å². The topological polar surface area (TPSA) is 45.2 Å². The van der Waals surface area contributed by atoms with Crippen molar-refractivity contribution in [1.29, 1.82) is 0 Å². The van der Waals surface area contributed by atoms with Crippen molar-refractivity contribution in [3.8, 4) is 0 Å². The quantitative estimate of drug-likeness (QED) is 0.909. The fraction of sp³-hybridized carbons (Fsp3) is 0.286. The molecule has 0 unspecified atom stereocenters. The van der Waals surface area contributed by atoms with Gasteiger partial charge < -0.3 is 10.2 Å². The Hall–Kier alpha value is -1.72. The van der Waals surface area contributed by atoms with Crippen LogP contribution in [-0.4, -0.2) is 36.4 Å². The van der Waals surface area contributed by atoms with Crippen LogP contribution in [0.4, 0.5) is 0 Å². The second kappa shape index (κ2) is 6.45. The van der Waals surface area contributed by atoms with E-state index >= 15 is 0 Å². The van der Waals surface area contributed by atoms with E-state index in [-0.39, 0.29) is 11.9 Å². The average Bonchev–Trinajstić information content (AvgIpc) is 2.93. The summed E-state index contributed by atoms with van der Waals surface area (Å²) >= 11 is 1.45. The summed E-state index contributed by atoms with van der Waals surface area (Å²) in [6, 6.07) is 7.76. The summed E-state index contributed by atoms with van der Waals surface area (Å²) in [6.45, 7) is 0.565. The van der Waals surface area contributed by atoms with Crippen LogP contribution < -0.4 is 5.32 Å². The summed E-state index contributed by atoms with van der Waals surface area (Å²) in [6.07, 6.45) is 3.59. The molecule has 0 aromatic carbocycles. The normalized spacial score (nSPS) is 12.4. The molecule has 0 fully saturated rings. The fourth-order valence-electron chi connectivity index (χ4n) is 1.86. The number of thiophene rings is 1. The van der Waals surface area contributed by atoms with Gasteiger partial charge >= 0.3 is 0 Å². The molecule has 0 spiro atoms. The summed E-state index contributed by atoms with van der Waals surface area (Å²) in [4.78, 5) is 18.9. The van der Waals surface area contributed by atoms with Crippen molar-refractivity contribution < 1.29 is 4.79 Å². The number of nitrogens with one attached hydrogen (secondary N) is 1. The molecule has 2 aromatic rings. The van der Waals surface area contributed by atoms with Crippen LogP contribution >= 0.6 is 11.3 Å². The van der Waals surface area contributed by atoms with Crippen LogP contribution in [0.25, 0.3) is 0 Å². The Kier molecular flexibility index (Phi) is 4.65. The molecule has 0 saturated carbocycles. The number of hydrogen-bond donors (Lipinski definition) is 1. The second-order valence-corrected chi connectivity index (χ2v) is 5.40. The van der Waals surface area contributed by atoms with Gasteiger partial charge in [0.1, 0.15) is 0 Å². The number of pyridine rings is 1. The lowest BCUT2D eigenvalue weighted by Gasteiger charge is -2.24. The highest BCUT2D eigenvalue weighted by Crippen LogP contribution is 2.16. The highest BCUT2D eigenvalue weighted by molar-refractivity contribution is 7.12. The second-order valence-electron chi connectivity index (χ2n) is 4.45. The van der Waals surface area contributed by atoms with Crippen molar-refractivity contribution in [1.82, 2.24) is 15.2 Å². The van der Waals surface area contributed by atoms with E-state index < -0.39 is 0 Å². The summed E-state index contributed by atoms with van der Waals surface area (Å²) in [5.74, 6) is -0.0225. The van der Waals surface area contributed by atoms with E-state index in [1.807, 2.05) is 49.9 Å². The van der Waals surface area contributed by atoms with Gasteiger partial charge in [0.15, 0.2) is 0 Å². The molecule has 1 atom stereocenters. The molecule has 100 valence electrons. The first-order valence-electron chi connectivity index (χ1n) is 6.06. The van der Waals surface area contributed by atoms with Crippen LogP contribution in [0.15, 0.2) is 42.0 Å². The molecule has 2 heterocycles. The number of carbonyl (C=O) groups excluding carboxylic acids is 1. The SMILES string of the molecule is CN(C)[C@@H](CNC(=O)c1cccs1)c1cccnc1. The van der Waals surface area contributed by atoms with Crippen LogP contribution in [0.1, 0.15) is 21.3 Å². The molecule has 0 bridgehead atoms. The number of nitrogens with zero attached hydrogens (tertiary/aromatic N) is 2. The highest BCUT2D eigenvalue weighted by atomic mass is 32.1. The third-order valence-corrected chi connectivity index (χ3v) is 3.76. The first-order chi connectivity index (χ1) is 9.18. The maximum Gasteiger partial charge on any atom is 0.261 e. The molecule has 2 aromatic heterocycles. The molecule has 0 aliphatic rings. The van der Waals surface area contributed by atoms with E-state index in [1.165, 1.54) is 11.3 Å². The summed E-state index contributed by atoms with van der Waals surface area (Å²) in [5.41, 5.74) is 1.10. The lowest BCUT2D eigenvalue weighted by molar-refractivity contribution is 0.0946. The van der Waals surface area contributed by atoms with Crippen molar-refractivity contribution in [2.24, 2.45) is 0 Å². The first-order valence-corrected chi connectivity index (χ1v) is 6.94. The minimum absolute atomic E-state index is 0.0225. The lowest BCUT2D eigenvalue weighted by atomic mass is 10.1. The third kappa shape index (κ3) is 3.62. The molecule has 1 N–H and O–H groups in total. The van der Waals surface area contributed by atoms with Crippen molar-refractivity contribution in [2.75, 3.05) is 20.6 Å². The van der Waals surface area contributed by atoms with Crippen molar-refractivity contribution in [3.63, 3.8) is 0 Å². The zero-order chi connectivity index (χ0) is 13.7. The molecule has 0 aliphatic heterocycles.